The van der Waals surface area contributed by atoms with Crippen molar-refractivity contribution >= 4 is 21.8 Å². The van der Waals surface area contributed by atoms with Crippen LogP contribution in [0.1, 0.15) is 23.7 Å². The molecule has 0 N–H and O–H groups in total. The van der Waals surface area contributed by atoms with E-state index in [1.54, 1.807) is 12.1 Å². The predicted octanol–water partition coefficient (Wildman–Crippen LogP) is 2.60. The highest BCUT2D eigenvalue weighted by Crippen LogP contribution is 2.38. The first kappa shape index (κ1) is 14.7. The molecule has 2 rings (SSSR count). The maximum atomic E-state index is 12.4. The van der Waals surface area contributed by atoms with Crippen molar-refractivity contribution in [2.45, 2.75) is 13.3 Å². The van der Waals surface area contributed by atoms with Crippen molar-refractivity contribution in [2.24, 2.45) is 0 Å². The lowest BCUT2D eigenvalue weighted by Crippen LogP contribution is -2.32. The Kier molecular flexibility index (Phi) is 4.85. The highest BCUT2D eigenvalue weighted by Gasteiger charge is 2.21. The number of hydrogen-bond acceptors (Lipinski definition) is 4. The van der Waals surface area contributed by atoms with Gasteiger partial charge in [0, 0.05) is 12.1 Å². The molecule has 5 nitrogen and oxygen atoms in total. The summed E-state index contributed by atoms with van der Waals surface area (Å²) < 4.78 is 11.7. The Morgan fingerprint density at radius 2 is 2.20 bits per heavy atom. The molecule has 6 heteroatoms. The van der Waals surface area contributed by atoms with Gasteiger partial charge in [0.2, 0.25) is 0 Å². The Morgan fingerprint density at radius 1 is 1.45 bits per heavy atom. The molecule has 0 radical (unpaired) electrons. The van der Waals surface area contributed by atoms with Crippen molar-refractivity contribution in [1.29, 1.82) is 5.26 Å². The second-order valence-electron chi connectivity index (χ2n) is 4.37. The summed E-state index contributed by atoms with van der Waals surface area (Å²) in [6, 6.07) is 5.39. The first-order chi connectivity index (χ1) is 9.67. The Hall–Kier alpha value is -1.74. The number of fused-ring (bicyclic) bond motifs is 1. The number of nitriles is 1. The first-order valence-electron chi connectivity index (χ1n) is 6.42. The van der Waals surface area contributed by atoms with Crippen LogP contribution in [0, 0.1) is 11.3 Å². The molecule has 1 aromatic rings. The fraction of sp³-hybridized carbons (Fsp3) is 0.429. The van der Waals surface area contributed by atoms with E-state index >= 15 is 0 Å². The molecule has 20 heavy (non-hydrogen) atoms. The van der Waals surface area contributed by atoms with Gasteiger partial charge in [0.1, 0.15) is 19.8 Å². The molecule has 1 aromatic carbocycles. The van der Waals surface area contributed by atoms with Gasteiger partial charge in [0.15, 0.2) is 11.5 Å². The van der Waals surface area contributed by atoms with E-state index in [9.17, 15) is 4.79 Å². The zero-order valence-corrected chi connectivity index (χ0v) is 12.8. The molecule has 1 aliphatic heterocycles. The minimum atomic E-state index is -0.175. The van der Waals surface area contributed by atoms with Gasteiger partial charge in [-0.15, -0.1) is 0 Å². The largest absolute Gasteiger partial charge is 0.486 e. The maximum absolute atomic E-state index is 12.4. The van der Waals surface area contributed by atoms with Gasteiger partial charge in [-0.25, -0.2) is 0 Å². The summed E-state index contributed by atoms with van der Waals surface area (Å²) in [5, 5.41) is 8.81. The minimum absolute atomic E-state index is 0.0821. The smallest absolute Gasteiger partial charge is 0.254 e. The van der Waals surface area contributed by atoms with E-state index in [1.165, 1.54) is 4.90 Å². The molecule has 1 heterocycles. The second-order valence-corrected chi connectivity index (χ2v) is 5.22. The van der Waals surface area contributed by atoms with Crippen LogP contribution in [-0.2, 0) is 0 Å². The van der Waals surface area contributed by atoms with Crippen molar-refractivity contribution in [2.75, 3.05) is 26.3 Å². The Bertz CT molecular complexity index is 554. The van der Waals surface area contributed by atoms with Gasteiger partial charge in [-0.1, -0.05) is 6.92 Å². The van der Waals surface area contributed by atoms with Gasteiger partial charge in [-0.3, -0.25) is 4.79 Å². The third-order valence-electron chi connectivity index (χ3n) is 2.89. The summed E-state index contributed by atoms with van der Waals surface area (Å²) in [7, 11) is 0. The molecule has 1 amide bonds. The first-order valence-corrected chi connectivity index (χ1v) is 7.22. The van der Waals surface area contributed by atoms with Crippen LogP contribution in [0.3, 0.4) is 0 Å². The number of halogens is 1. The quantitative estimate of drug-likeness (QED) is 0.791. The van der Waals surface area contributed by atoms with Gasteiger partial charge in [-0.2, -0.15) is 5.26 Å². The number of rotatable bonds is 4. The van der Waals surface area contributed by atoms with E-state index in [1.807, 2.05) is 13.0 Å². The van der Waals surface area contributed by atoms with Crippen LogP contribution in [0.15, 0.2) is 16.6 Å². The number of carbonyl (C=O) groups is 1. The van der Waals surface area contributed by atoms with Crippen LogP contribution in [0.4, 0.5) is 0 Å². The lowest BCUT2D eigenvalue weighted by Gasteiger charge is -2.22. The molecule has 0 fully saturated rings. The molecule has 106 valence electrons. The minimum Gasteiger partial charge on any atom is -0.486 e. The molecule has 0 aromatic heterocycles. The van der Waals surface area contributed by atoms with Gasteiger partial charge < -0.3 is 14.4 Å². The summed E-state index contributed by atoms with van der Waals surface area (Å²) in [6.45, 7) is 3.57. The van der Waals surface area contributed by atoms with E-state index in [0.29, 0.717) is 41.3 Å². The number of benzene rings is 1. The van der Waals surface area contributed by atoms with Crippen molar-refractivity contribution in [3.63, 3.8) is 0 Å². The topological polar surface area (TPSA) is 62.6 Å². The van der Waals surface area contributed by atoms with Crippen LogP contribution in [0.2, 0.25) is 0 Å². The van der Waals surface area contributed by atoms with Crippen LogP contribution in [0.5, 0.6) is 11.5 Å². The van der Waals surface area contributed by atoms with E-state index in [0.717, 1.165) is 6.42 Å². The van der Waals surface area contributed by atoms with Crippen LogP contribution in [0.25, 0.3) is 0 Å². The Morgan fingerprint density at radius 3 is 2.90 bits per heavy atom. The van der Waals surface area contributed by atoms with E-state index < -0.39 is 0 Å². The van der Waals surface area contributed by atoms with Gasteiger partial charge in [0.05, 0.1) is 10.5 Å². The van der Waals surface area contributed by atoms with E-state index in [-0.39, 0.29) is 12.5 Å². The van der Waals surface area contributed by atoms with Gasteiger partial charge in [-0.05, 0) is 34.5 Å². The lowest BCUT2D eigenvalue weighted by molar-refractivity contribution is 0.0775. The van der Waals surface area contributed by atoms with Gasteiger partial charge >= 0.3 is 0 Å². The zero-order chi connectivity index (χ0) is 14.5. The summed E-state index contributed by atoms with van der Waals surface area (Å²) in [6.07, 6.45) is 0.805. The normalized spacial score (nSPS) is 12.7. The summed E-state index contributed by atoms with van der Waals surface area (Å²) in [5.74, 6) is 1.00. The van der Waals surface area contributed by atoms with Crippen molar-refractivity contribution < 1.29 is 14.3 Å². The van der Waals surface area contributed by atoms with Crippen LogP contribution >= 0.6 is 15.9 Å². The molecule has 0 saturated carbocycles. The molecule has 0 unspecified atom stereocenters. The molecule has 0 atom stereocenters. The molecule has 0 aliphatic carbocycles. The Labute approximate surface area is 126 Å². The molecular weight excluding hydrogens is 324 g/mol. The van der Waals surface area contributed by atoms with Crippen LogP contribution in [-0.4, -0.2) is 37.1 Å². The van der Waals surface area contributed by atoms with Crippen molar-refractivity contribution in [3.05, 3.63) is 22.2 Å². The maximum Gasteiger partial charge on any atom is 0.254 e. The third kappa shape index (κ3) is 3.05. The molecule has 1 aliphatic rings. The monoisotopic (exact) mass is 338 g/mol. The number of ether oxygens (including phenoxy) is 2. The lowest BCUT2D eigenvalue weighted by atomic mass is 10.1. The summed E-state index contributed by atoms with van der Waals surface area (Å²) >= 11 is 3.39. The van der Waals surface area contributed by atoms with E-state index in [2.05, 4.69) is 15.9 Å². The fourth-order valence-electron chi connectivity index (χ4n) is 2.02. The standard InChI is InChI=1S/C14H15BrN2O3/c1-2-4-17(5-3-16)14(18)10-8-11(15)13-12(9-10)19-6-7-20-13/h8-9H,2,4-7H2,1H3. The molecular formula is C14H15BrN2O3. The van der Waals surface area contributed by atoms with Gasteiger partial charge in [0.25, 0.3) is 5.91 Å². The summed E-state index contributed by atoms with van der Waals surface area (Å²) in [4.78, 5) is 13.9. The SMILES string of the molecule is CCCN(CC#N)C(=O)c1cc(Br)c2c(c1)OCCO2. The average Bonchev–Trinajstić information content (AvgIpc) is 2.46. The highest BCUT2D eigenvalue weighted by atomic mass is 79.9. The highest BCUT2D eigenvalue weighted by molar-refractivity contribution is 9.10. The average molecular weight is 339 g/mol. The van der Waals surface area contributed by atoms with E-state index in [4.69, 9.17) is 14.7 Å². The molecule has 0 bridgehead atoms. The number of nitrogens with zero attached hydrogens (tertiary/aromatic N) is 2. The fourth-order valence-corrected chi connectivity index (χ4v) is 2.58. The number of hydrogen-bond donors (Lipinski definition) is 0. The third-order valence-corrected chi connectivity index (χ3v) is 3.48. The Balaban J connectivity index is 2.30. The van der Waals surface area contributed by atoms with Crippen LogP contribution < -0.4 is 9.47 Å². The predicted molar refractivity (Wildman–Crippen MR) is 76.9 cm³/mol. The summed E-state index contributed by atoms with van der Waals surface area (Å²) in [5.41, 5.74) is 0.491. The zero-order valence-electron chi connectivity index (χ0n) is 11.2. The number of carbonyl (C=O) groups excluding carboxylic acids is 1. The van der Waals surface area contributed by atoms with Crippen molar-refractivity contribution in [3.8, 4) is 17.6 Å². The number of amides is 1. The van der Waals surface area contributed by atoms with Crippen molar-refractivity contribution in [1.82, 2.24) is 4.90 Å². The molecule has 0 saturated heterocycles. The second kappa shape index (κ2) is 6.62. The molecule has 0 spiro atoms.